The van der Waals surface area contributed by atoms with Crippen molar-refractivity contribution in [2.45, 2.75) is 6.54 Å². The molecular weight excluding hydrogens is 290 g/mol. The smallest absolute Gasteiger partial charge is 0.490 e. The Morgan fingerprint density at radius 1 is 1.32 bits per heavy atom. The van der Waals surface area contributed by atoms with Crippen molar-refractivity contribution in [1.82, 2.24) is 29.8 Å². The van der Waals surface area contributed by atoms with Crippen molar-refractivity contribution in [3.05, 3.63) is 52.6 Å². The van der Waals surface area contributed by atoms with Gasteiger partial charge in [-0.05, 0) is 29.2 Å². The summed E-state index contributed by atoms with van der Waals surface area (Å²) >= 11 is 0. The van der Waals surface area contributed by atoms with Crippen molar-refractivity contribution in [3.63, 3.8) is 0 Å². The normalized spacial score (nSPS) is 10.6. The molecule has 22 heavy (non-hydrogen) atoms. The molecule has 0 spiro atoms. The number of hydrogen-bond acceptors (Lipinski definition) is 7. The van der Waals surface area contributed by atoms with Gasteiger partial charge < -0.3 is 14.9 Å². The van der Waals surface area contributed by atoms with Gasteiger partial charge in [0.25, 0.3) is 0 Å². The lowest BCUT2D eigenvalue weighted by Crippen LogP contribution is -2.01. The topological polar surface area (TPSA) is 114 Å². The zero-order valence-electron chi connectivity index (χ0n) is 11.5. The predicted octanol–water partition coefficient (Wildman–Crippen LogP) is 0.824. The molecule has 10 nitrogen and oxygen atoms in total. The number of aromatic nitrogens is 6. The first-order valence-corrected chi connectivity index (χ1v) is 6.25. The SMILES string of the molecule is COc1ccc(-n2cc(Cn3cnc([N+](=O)[O-])n3)nn2)cc1. The summed E-state index contributed by atoms with van der Waals surface area (Å²) in [7, 11) is 1.60. The number of hydrogen-bond donors (Lipinski definition) is 0. The summed E-state index contributed by atoms with van der Waals surface area (Å²) in [4.78, 5) is 13.5. The highest BCUT2D eigenvalue weighted by Gasteiger charge is 2.14. The second kappa shape index (κ2) is 5.60. The maximum atomic E-state index is 10.5. The minimum absolute atomic E-state index is 0.247. The van der Waals surface area contributed by atoms with Gasteiger partial charge in [0.05, 0.1) is 19.0 Å². The van der Waals surface area contributed by atoms with Crippen LogP contribution < -0.4 is 4.74 Å². The molecule has 3 rings (SSSR count). The van der Waals surface area contributed by atoms with Gasteiger partial charge in [0.2, 0.25) is 6.33 Å². The molecule has 3 aromatic rings. The van der Waals surface area contributed by atoms with Crippen LogP contribution >= 0.6 is 0 Å². The summed E-state index contributed by atoms with van der Waals surface area (Å²) in [5.41, 5.74) is 1.43. The van der Waals surface area contributed by atoms with E-state index in [1.165, 1.54) is 11.0 Å². The molecule has 0 bridgehead atoms. The lowest BCUT2D eigenvalue weighted by molar-refractivity contribution is -0.394. The Balaban J connectivity index is 1.76. The highest BCUT2D eigenvalue weighted by molar-refractivity contribution is 5.36. The van der Waals surface area contributed by atoms with E-state index in [-0.39, 0.29) is 6.54 Å². The third-order valence-corrected chi connectivity index (χ3v) is 2.89. The molecular formula is C12H11N7O3. The monoisotopic (exact) mass is 301 g/mol. The molecule has 2 heterocycles. The van der Waals surface area contributed by atoms with Crippen LogP contribution in [0, 0.1) is 10.1 Å². The molecule has 0 radical (unpaired) electrons. The van der Waals surface area contributed by atoms with Crippen LogP contribution in [0.15, 0.2) is 36.8 Å². The van der Waals surface area contributed by atoms with Crippen LogP contribution in [0.5, 0.6) is 5.75 Å². The van der Waals surface area contributed by atoms with E-state index in [0.29, 0.717) is 5.69 Å². The van der Waals surface area contributed by atoms with E-state index in [1.54, 1.807) is 18.0 Å². The van der Waals surface area contributed by atoms with Crippen LogP contribution in [0.4, 0.5) is 5.95 Å². The van der Waals surface area contributed by atoms with Gasteiger partial charge in [-0.2, -0.15) is 4.68 Å². The molecule has 0 N–H and O–H groups in total. The number of ether oxygens (including phenoxy) is 1. The van der Waals surface area contributed by atoms with Crippen LogP contribution in [-0.4, -0.2) is 41.8 Å². The van der Waals surface area contributed by atoms with E-state index >= 15 is 0 Å². The van der Waals surface area contributed by atoms with Gasteiger partial charge in [0, 0.05) is 5.10 Å². The molecule has 0 aliphatic heterocycles. The number of nitrogens with zero attached hydrogens (tertiary/aromatic N) is 7. The lowest BCUT2D eigenvalue weighted by Gasteiger charge is -2.01. The minimum Gasteiger partial charge on any atom is -0.497 e. The van der Waals surface area contributed by atoms with E-state index in [0.717, 1.165) is 11.4 Å². The quantitative estimate of drug-likeness (QED) is 0.506. The lowest BCUT2D eigenvalue weighted by atomic mass is 10.3. The van der Waals surface area contributed by atoms with Crippen molar-refractivity contribution in [3.8, 4) is 11.4 Å². The molecule has 0 saturated heterocycles. The average molecular weight is 301 g/mol. The number of rotatable bonds is 5. The van der Waals surface area contributed by atoms with Crippen molar-refractivity contribution in [2.75, 3.05) is 7.11 Å². The zero-order chi connectivity index (χ0) is 15.5. The molecule has 0 saturated carbocycles. The van der Waals surface area contributed by atoms with Crippen LogP contribution in [0.3, 0.4) is 0 Å². The Labute approximate surface area is 124 Å². The Morgan fingerprint density at radius 2 is 2.09 bits per heavy atom. The summed E-state index contributed by atoms with van der Waals surface area (Å²) in [6, 6.07) is 7.32. The second-order valence-electron chi connectivity index (χ2n) is 4.35. The summed E-state index contributed by atoms with van der Waals surface area (Å²) in [5, 5.41) is 22.3. The summed E-state index contributed by atoms with van der Waals surface area (Å²) in [5.74, 6) is 0.307. The molecule has 0 amide bonds. The van der Waals surface area contributed by atoms with E-state index in [1.807, 2.05) is 24.3 Å². The molecule has 0 atom stereocenters. The standard InChI is InChI=1S/C12H11N7O3/c1-22-11-4-2-10(3-5-11)18-7-9(14-16-18)6-17-8-13-12(15-17)19(20)21/h2-5,7-8H,6H2,1H3. The average Bonchev–Trinajstić information content (AvgIpc) is 3.17. The van der Waals surface area contributed by atoms with Gasteiger partial charge >= 0.3 is 5.95 Å². The van der Waals surface area contributed by atoms with Gasteiger partial charge in [-0.25, -0.2) is 4.68 Å². The van der Waals surface area contributed by atoms with Crippen molar-refractivity contribution < 1.29 is 9.66 Å². The van der Waals surface area contributed by atoms with Gasteiger partial charge in [0.1, 0.15) is 18.0 Å². The van der Waals surface area contributed by atoms with Crippen LogP contribution in [0.2, 0.25) is 0 Å². The molecule has 1 aromatic carbocycles. The van der Waals surface area contributed by atoms with E-state index in [9.17, 15) is 10.1 Å². The molecule has 10 heteroatoms. The first kappa shape index (κ1) is 13.7. The van der Waals surface area contributed by atoms with E-state index < -0.39 is 10.9 Å². The Morgan fingerprint density at radius 3 is 2.73 bits per heavy atom. The molecule has 112 valence electrons. The molecule has 0 aliphatic rings. The first-order valence-electron chi connectivity index (χ1n) is 6.25. The van der Waals surface area contributed by atoms with E-state index in [4.69, 9.17) is 4.74 Å². The zero-order valence-corrected chi connectivity index (χ0v) is 11.5. The Bertz CT molecular complexity index is 793. The largest absolute Gasteiger partial charge is 0.497 e. The summed E-state index contributed by atoms with van der Waals surface area (Å²) in [6.45, 7) is 0.247. The molecule has 0 unspecified atom stereocenters. The Hall–Kier alpha value is -3.30. The van der Waals surface area contributed by atoms with Gasteiger partial charge in [0.15, 0.2) is 0 Å². The Kier molecular flexibility index (Phi) is 3.48. The predicted molar refractivity (Wildman–Crippen MR) is 73.7 cm³/mol. The van der Waals surface area contributed by atoms with Gasteiger partial charge in [-0.15, -0.1) is 5.10 Å². The van der Waals surface area contributed by atoms with Crippen LogP contribution in [0.25, 0.3) is 5.69 Å². The van der Waals surface area contributed by atoms with E-state index in [2.05, 4.69) is 20.4 Å². The van der Waals surface area contributed by atoms with Gasteiger partial charge in [-0.1, -0.05) is 10.2 Å². The fourth-order valence-electron chi connectivity index (χ4n) is 1.84. The first-order chi connectivity index (χ1) is 10.7. The molecule has 0 fully saturated rings. The summed E-state index contributed by atoms with van der Waals surface area (Å²) in [6.07, 6.45) is 3.00. The third-order valence-electron chi connectivity index (χ3n) is 2.89. The van der Waals surface area contributed by atoms with Crippen molar-refractivity contribution in [2.24, 2.45) is 0 Å². The molecule has 2 aromatic heterocycles. The molecule has 0 aliphatic carbocycles. The van der Waals surface area contributed by atoms with Crippen LogP contribution in [0.1, 0.15) is 5.69 Å². The fraction of sp³-hybridized carbons (Fsp3) is 0.167. The van der Waals surface area contributed by atoms with Crippen LogP contribution in [-0.2, 0) is 6.54 Å². The van der Waals surface area contributed by atoms with Crippen molar-refractivity contribution >= 4 is 5.95 Å². The highest BCUT2D eigenvalue weighted by atomic mass is 16.6. The number of methoxy groups -OCH3 is 1. The third kappa shape index (κ3) is 2.75. The minimum atomic E-state index is -0.648. The second-order valence-corrected chi connectivity index (χ2v) is 4.35. The van der Waals surface area contributed by atoms with Crippen molar-refractivity contribution in [1.29, 1.82) is 0 Å². The maximum absolute atomic E-state index is 10.5. The number of nitro groups is 1. The summed E-state index contributed by atoms with van der Waals surface area (Å²) < 4.78 is 8.02. The number of benzene rings is 1. The van der Waals surface area contributed by atoms with Gasteiger partial charge in [-0.3, -0.25) is 0 Å². The highest BCUT2D eigenvalue weighted by Crippen LogP contribution is 2.14. The fourth-order valence-corrected chi connectivity index (χ4v) is 1.84. The maximum Gasteiger partial charge on any atom is 0.490 e.